The predicted molar refractivity (Wildman–Crippen MR) is 85.0 cm³/mol. The highest BCUT2D eigenvalue weighted by Crippen LogP contribution is 2.35. The summed E-state index contributed by atoms with van der Waals surface area (Å²) in [5, 5.41) is 0. The SMILES string of the molecule is O=C1COc2ccc(Br)cc2N1Cc1cccc(Br)c1. The van der Waals surface area contributed by atoms with E-state index < -0.39 is 0 Å². The number of ether oxygens (including phenoxy) is 1. The predicted octanol–water partition coefficient (Wildman–Crippen LogP) is 4.14. The van der Waals surface area contributed by atoms with Crippen molar-refractivity contribution in [3.8, 4) is 5.75 Å². The van der Waals surface area contributed by atoms with Crippen molar-refractivity contribution in [1.29, 1.82) is 0 Å². The molecule has 0 saturated heterocycles. The number of fused-ring (bicyclic) bond motifs is 1. The Balaban J connectivity index is 1.97. The van der Waals surface area contributed by atoms with Crippen LogP contribution in [0.15, 0.2) is 51.4 Å². The molecule has 0 N–H and O–H groups in total. The van der Waals surface area contributed by atoms with Crippen LogP contribution in [0.2, 0.25) is 0 Å². The lowest BCUT2D eigenvalue weighted by Crippen LogP contribution is -2.38. The molecule has 102 valence electrons. The Morgan fingerprint density at radius 2 is 1.90 bits per heavy atom. The minimum Gasteiger partial charge on any atom is -0.482 e. The van der Waals surface area contributed by atoms with Crippen LogP contribution in [0.4, 0.5) is 5.69 Å². The summed E-state index contributed by atoms with van der Waals surface area (Å²) in [5.74, 6) is 0.707. The first-order valence-corrected chi connectivity index (χ1v) is 7.69. The topological polar surface area (TPSA) is 29.5 Å². The van der Waals surface area contributed by atoms with E-state index in [1.807, 2.05) is 42.5 Å². The van der Waals surface area contributed by atoms with Crippen LogP contribution in [-0.4, -0.2) is 12.5 Å². The van der Waals surface area contributed by atoms with Gasteiger partial charge in [0, 0.05) is 8.95 Å². The van der Waals surface area contributed by atoms with E-state index in [1.54, 1.807) is 4.90 Å². The average Bonchev–Trinajstić information content (AvgIpc) is 2.42. The molecule has 0 atom stereocenters. The molecule has 3 rings (SSSR count). The van der Waals surface area contributed by atoms with E-state index in [9.17, 15) is 4.79 Å². The molecule has 1 heterocycles. The number of rotatable bonds is 2. The number of anilines is 1. The molecule has 3 nitrogen and oxygen atoms in total. The zero-order valence-electron chi connectivity index (χ0n) is 10.5. The molecular formula is C15H11Br2NO2. The van der Waals surface area contributed by atoms with Crippen LogP contribution in [0.25, 0.3) is 0 Å². The van der Waals surface area contributed by atoms with Gasteiger partial charge in [-0.3, -0.25) is 4.79 Å². The Labute approximate surface area is 133 Å². The smallest absolute Gasteiger partial charge is 0.265 e. The van der Waals surface area contributed by atoms with E-state index in [0.717, 1.165) is 25.9 Å². The molecule has 5 heteroatoms. The van der Waals surface area contributed by atoms with Gasteiger partial charge in [0.25, 0.3) is 5.91 Å². The largest absolute Gasteiger partial charge is 0.482 e. The maximum Gasteiger partial charge on any atom is 0.265 e. The van der Waals surface area contributed by atoms with Gasteiger partial charge in [0.15, 0.2) is 6.61 Å². The van der Waals surface area contributed by atoms with E-state index in [1.165, 1.54) is 0 Å². The number of hydrogen-bond acceptors (Lipinski definition) is 2. The first kappa shape index (κ1) is 13.6. The Hall–Kier alpha value is -1.33. The molecule has 0 aromatic heterocycles. The van der Waals surface area contributed by atoms with E-state index in [-0.39, 0.29) is 12.5 Å². The highest BCUT2D eigenvalue weighted by atomic mass is 79.9. The zero-order chi connectivity index (χ0) is 14.1. The molecule has 20 heavy (non-hydrogen) atoms. The Morgan fingerprint density at radius 3 is 2.70 bits per heavy atom. The number of amides is 1. The van der Waals surface area contributed by atoms with Crippen molar-refractivity contribution in [2.24, 2.45) is 0 Å². The van der Waals surface area contributed by atoms with E-state index in [0.29, 0.717) is 6.54 Å². The number of carbonyl (C=O) groups is 1. The van der Waals surface area contributed by atoms with Gasteiger partial charge in [-0.05, 0) is 35.9 Å². The molecule has 0 bridgehead atoms. The van der Waals surface area contributed by atoms with Crippen molar-refractivity contribution in [2.45, 2.75) is 6.54 Å². The lowest BCUT2D eigenvalue weighted by molar-refractivity contribution is -0.121. The third-order valence-electron chi connectivity index (χ3n) is 3.09. The van der Waals surface area contributed by atoms with Crippen molar-refractivity contribution in [3.05, 3.63) is 57.0 Å². The van der Waals surface area contributed by atoms with Crippen molar-refractivity contribution < 1.29 is 9.53 Å². The summed E-state index contributed by atoms with van der Waals surface area (Å²) in [5.41, 5.74) is 1.87. The summed E-state index contributed by atoms with van der Waals surface area (Å²) in [4.78, 5) is 13.9. The molecule has 1 aliphatic rings. The monoisotopic (exact) mass is 395 g/mol. The highest BCUT2D eigenvalue weighted by Gasteiger charge is 2.25. The summed E-state index contributed by atoms with van der Waals surface area (Å²) >= 11 is 6.88. The summed E-state index contributed by atoms with van der Waals surface area (Å²) < 4.78 is 7.39. The minimum atomic E-state index is -0.0319. The van der Waals surface area contributed by atoms with E-state index >= 15 is 0 Å². The molecule has 1 aliphatic heterocycles. The number of halogens is 2. The molecular weight excluding hydrogens is 386 g/mol. The molecule has 0 radical (unpaired) electrons. The Kier molecular flexibility index (Phi) is 3.81. The fourth-order valence-electron chi connectivity index (χ4n) is 2.17. The van der Waals surface area contributed by atoms with Gasteiger partial charge in [0.2, 0.25) is 0 Å². The second-order valence-electron chi connectivity index (χ2n) is 4.51. The second kappa shape index (κ2) is 5.58. The summed E-state index contributed by atoms with van der Waals surface area (Å²) in [6.45, 7) is 0.619. The van der Waals surface area contributed by atoms with Gasteiger partial charge in [0.05, 0.1) is 12.2 Å². The van der Waals surface area contributed by atoms with Crippen LogP contribution in [0.5, 0.6) is 5.75 Å². The number of benzene rings is 2. The number of hydrogen-bond donors (Lipinski definition) is 0. The first-order valence-electron chi connectivity index (χ1n) is 6.10. The van der Waals surface area contributed by atoms with Gasteiger partial charge in [-0.15, -0.1) is 0 Å². The van der Waals surface area contributed by atoms with Crippen LogP contribution in [-0.2, 0) is 11.3 Å². The summed E-state index contributed by atoms with van der Waals surface area (Å²) in [6, 6.07) is 13.6. The van der Waals surface area contributed by atoms with Crippen molar-refractivity contribution in [2.75, 3.05) is 11.5 Å². The van der Waals surface area contributed by atoms with Gasteiger partial charge >= 0.3 is 0 Å². The van der Waals surface area contributed by atoms with Crippen molar-refractivity contribution in [3.63, 3.8) is 0 Å². The van der Waals surface area contributed by atoms with Gasteiger partial charge in [-0.2, -0.15) is 0 Å². The van der Waals surface area contributed by atoms with Crippen LogP contribution in [0.1, 0.15) is 5.56 Å². The first-order chi connectivity index (χ1) is 9.63. The standard InChI is InChI=1S/C15H11Br2NO2/c16-11-3-1-2-10(6-11)8-18-13-7-12(17)4-5-14(13)20-9-15(18)19/h1-7H,8-9H2. The van der Waals surface area contributed by atoms with Crippen LogP contribution in [0, 0.1) is 0 Å². The van der Waals surface area contributed by atoms with Crippen LogP contribution < -0.4 is 9.64 Å². The number of nitrogens with zero attached hydrogens (tertiary/aromatic N) is 1. The third kappa shape index (κ3) is 2.74. The fourth-order valence-corrected chi connectivity index (χ4v) is 2.96. The maximum absolute atomic E-state index is 12.1. The van der Waals surface area contributed by atoms with Gasteiger partial charge < -0.3 is 9.64 Å². The average molecular weight is 397 g/mol. The summed E-state index contributed by atoms with van der Waals surface area (Å²) in [6.07, 6.45) is 0. The lowest BCUT2D eigenvalue weighted by atomic mass is 10.1. The van der Waals surface area contributed by atoms with Gasteiger partial charge in [-0.25, -0.2) is 0 Å². The summed E-state index contributed by atoms with van der Waals surface area (Å²) in [7, 11) is 0. The van der Waals surface area contributed by atoms with E-state index in [4.69, 9.17) is 4.74 Å². The lowest BCUT2D eigenvalue weighted by Gasteiger charge is -2.29. The third-order valence-corrected chi connectivity index (χ3v) is 4.08. The maximum atomic E-state index is 12.1. The second-order valence-corrected chi connectivity index (χ2v) is 6.34. The zero-order valence-corrected chi connectivity index (χ0v) is 13.6. The molecule has 0 spiro atoms. The fraction of sp³-hybridized carbons (Fsp3) is 0.133. The molecule has 0 fully saturated rings. The molecule has 2 aromatic rings. The molecule has 0 aliphatic carbocycles. The van der Waals surface area contributed by atoms with Gasteiger partial charge in [0.1, 0.15) is 5.75 Å². The van der Waals surface area contributed by atoms with Crippen molar-refractivity contribution >= 4 is 43.5 Å². The molecule has 0 saturated carbocycles. The van der Waals surface area contributed by atoms with Crippen LogP contribution in [0.3, 0.4) is 0 Å². The van der Waals surface area contributed by atoms with E-state index in [2.05, 4.69) is 31.9 Å². The highest BCUT2D eigenvalue weighted by molar-refractivity contribution is 9.10. The van der Waals surface area contributed by atoms with Crippen LogP contribution >= 0.6 is 31.9 Å². The molecule has 0 unspecified atom stereocenters. The quantitative estimate of drug-likeness (QED) is 0.763. The Morgan fingerprint density at radius 1 is 1.10 bits per heavy atom. The minimum absolute atomic E-state index is 0.0319. The Bertz CT molecular complexity index is 673. The molecule has 2 aromatic carbocycles. The van der Waals surface area contributed by atoms with Gasteiger partial charge in [-0.1, -0.05) is 44.0 Å². The number of carbonyl (C=O) groups excluding carboxylic acids is 1. The molecule has 1 amide bonds. The normalized spacial score (nSPS) is 13.9. The van der Waals surface area contributed by atoms with Crippen molar-refractivity contribution in [1.82, 2.24) is 0 Å².